The fraction of sp³-hybridized carbons (Fsp3) is 0.609. The Morgan fingerprint density at radius 2 is 1.84 bits per heavy atom. The molecule has 1 aromatic heterocycles. The lowest BCUT2D eigenvalue weighted by atomic mass is 10.1. The third-order valence-corrected chi connectivity index (χ3v) is 13.9. The van der Waals surface area contributed by atoms with Crippen molar-refractivity contribution in [1.29, 1.82) is 0 Å². The van der Waals surface area contributed by atoms with Crippen LogP contribution in [0.15, 0.2) is 36.5 Å². The van der Waals surface area contributed by atoms with Gasteiger partial charge in [0.25, 0.3) is 0 Å². The van der Waals surface area contributed by atoms with Crippen molar-refractivity contribution < 1.29 is 17.9 Å². The maximum Gasteiger partial charge on any atom is 0.308 e. The summed E-state index contributed by atoms with van der Waals surface area (Å²) >= 11 is 0. The minimum absolute atomic E-state index is 0.0560. The molecule has 1 aromatic carbocycles. The van der Waals surface area contributed by atoms with Gasteiger partial charge < -0.3 is 9.47 Å². The van der Waals surface area contributed by atoms with E-state index >= 15 is 0 Å². The molecule has 0 N–H and O–H groups in total. The van der Waals surface area contributed by atoms with E-state index in [1.807, 2.05) is 30.3 Å². The van der Waals surface area contributed by atoms with Crippen LogP contribution in [0.25, 0.3) is 0 Å². The van der Waals surface area contributed by atoms with Gasteiger partial charge in [-0.15, -0.1) is 0 Å². The van der Waals surface area contributed by atoms with E-state index in [2.05, 4.69) is 38.8 Å². The molecule has 3 rings (SSSR count). The SMILES string of the molecule is CN(C)S(=O)(=O)n1c([C@H]2CC[C@@H](COCc3ccccc3)O2)cnc1[Si](C)(C)C(C)(C)C. The Bertz CT molecular complexity index is 1010. The van der Waals surface area contributed by atoms with Gasteiger partial charge >= 0.3 is 10.2 Å². The lowest BCUT2D eigenvalue weighted by Gasteiger charge is -2.36. The highest BCUT2D eigenvalue weighted by Crippen LogP contribution is 2.38. The largest absolute Gasteiger partial charge is 0.374 e. The van der Waals surface area contributed by atoms with Crippen molar-refractivity contribution in [3.8, 4) is 0 Å². The van der Waals surface area contributed by atoms with Crippen LogP contribution >= 0.6 is 0 Å². The second-order valence-corrected chi connectivity index (χ2v) is 17.4. The number of nitrogens with zero attached hydrogens (tertiary/aromatic N) is 3. The van der Waals surface area contributed by atoms with Crippen LogP contribution < -0.4 is 5.45 Å². The van der Waals surface area contributed by atoms with Crippen LogP contribution in [-0.4, -0.2) is 56.6 Å². The number of benzene rings is 1. The monoisotopic (exact) mass is 479 g/mol. The molecular formula is C23H37N3O4SSi. The standard InChI is InChI=1S/C23H37N3O4SSi/c1-23(2,3)32(6,7)22-24-15-20(26(22)31(27,28)25(4)5)21-14-13-19(30-21)17-29-16-18-11-9-8-10-12-18/h8-12,15,19,21H,13-14,16-17H2,1-7H3/t19-,21+/m0/s1. The van der Waals surface area contributed by atoms with Crippen LogP contribution in [0.3, 0.4) is 0 Å². The zero-order chi connectivity index (χ0) is 23.7. The average Bonchev–Trinajstić information content (AvgIpc) is 3.35. The molecule has 2 heterocycles. The quantitative estimate of drug-likeness (QED) is 0.540. The van der Waals surface area contributed by atoms with E-state index in [9.17, 15) is 8.42 Å². The first kappa shape index (κ1) is 25.1. The molecule has 32 heavy (non-hydrogen) atoms. The lowest BCUT2D eigenvalue weighted by molar-refractivity contribution is -0.0218. The fourth-order valence-electron chi connectivity index (χ4n) is 3.65. The van der Waals surface area contributed by atoms with Crippen molar-refractivity contribution >= 4 is 23.7 Å². The van der Waals surface area contributed by atoms with Crippen molar-refractivity contribution in [2.24, 2.45) is 0 Å². The summed E-state index contributed by atoms with van der Waals surface area (Å²) in [7, 11) is -2.84. The molecule has 9 heteroatoms. The number of rotatable bonds is 8. The number of aromatic nitrogens is 2. The molecule has 178 valence electrons. The molecule has 1 aliphatic heterocycles. The zero-order valence-corrected chi connectivity index (χ0v) is 22.1. The first-order chi connectivity index (χ1) is 14.9. The molecule has 0 spiro atoms. The average molecular weight is 480 g/mol. The molecule has 0 amide bonds. The Balaban J connectivity index is 1.82. The van der Waals surface area contributed by atoms with E-state index in [1.54, 1.807) is 20.3 Å². The molecule has 2 atom stereocenters. The van der Waals surface area contributed by atoms with E-state index in [0.717, 1.165) is 18.4 Å². The van der Waals surface area contributed by atoms with Crippen LogP contribution in [-0.2, 0) is 26.3 Å². The van der Waals surface area contributed by atoms with Gasteiger partial charge in [-0.05, 0) is 23.4 Å². The summed E-state index contributed by atoms with van der Waals surface area (Å²) in [6, 6.07) is 10.0. The van der Waals surface area contributed by atoms with E-state index in [4.69, 9.17) is 9.47 Å². The van der Waals surface area contributed by atoms with Crippen LogP contribution in [0.1, 0.15) is 51.0 Å². The number of hydrogen-bond donors (Lipinski definition) is 0. The Hall–Kier alpha value is -1.52. The minimum Gasteiger partial charge on any atom is -0.374 e. The molecule has 2 aromatic rings. The maximum atomic E-state index is 13.4. The lowest BCUT2D eigenvalue weighted by Crippen LogP contribution is -2.56. The van der Waals surface area contributed by atoms with Crippen LogP contribution in [0, 0.1) is 0 Å². The van der Waals surface area contributed by atoms with Gasteiger partial charge in [0.1, 0.15) is 19.6 Å². The van der Waals surface area contributed by atoms with Crippen molar-refractivity contribution in [1.82, 2.24) is 13.3 Å². The summed E-state index contributed by atoms with van der Waals surface area (Å²) in [5, 5.41) is -0.0560. The molecular weight excluding hydrogens is 442 g/mol. The topological polar surface area (TPSA) is 73.7 Å². The summed E-state index contributed by atoms with van der Waals surface area (Å²) in [6.45, 7) is 11.8. The Kier molecular flexibility index (Phi) is 7.36. The van der Waals surface area contributed by atoms with Crippen LogP contribution in [0.2, 0.25) is 18.1 Å². The third kappa shape index (κ3) is 5.01. The zero-order valence-electron chi connectivity index (χ0n) is 20.3. The first-order valence-electron chi connectivity index (χ1n) is 11.1. The molecule has 0 aliphatic carbocycles. The van der Waals surface area contributed by atoms with Gasteiger partial charge in [-0.2, -0.15) is 12.7 Å². The number of imidazole rings is 1. The van der Waals surface area contributed by atoms with Gasteiger partial charge in [-0.3, -0.25) is 0 Å². The Labute approximate surface area is 193 Å². The smallest absolute Gasteiger partial charge is 0.308 e. The van der Waals surface area contributed by atoms with Gasteiger partial charge in [0.2, 0.25) is 0 Å². The van der Waals surface area contributed by atoms with Crippen molar-refractivity contribution in [2.45, 2.75) is 70.6 Å². The van der Waals surface area contributed by atoms with Crippen LogP contribution in [0.4, 0.5) is 0 Å². The molecule has 0 bridgehead atoms. The highest BCUT2D eigenvalue weighted by atomic mass is 32.2. The van der Waals surface area contributed by atoms with Crippen molar-refractivity contribution in [2.75, 3.05) is 20.7 Å². The first-order valence-corrected chi connectivity index (χ1v) is 15.5. The van der Waals surface area contributed by atoms with Gasteiger partial charge in [-0.1, -0.05) is 64.2 Å². The Morgan fingerprint density at radius 3 is 2.44 bits per heavy atom. The normalized spacial score (nSPS) is 20.2. The summed E-state index contributed by atoms with van der Waals surface area (Å²) in [4.78, 5) is 4.68. The molecule has 1 aliphatic rings. The predicted molar refractivity (Wildman–Crippen MR) is 130 cm³/mol. The van der Waals surface area contributed by atoms with E-state index < -0.39 is 18.3 Å². The van der Waals surface area contributed by atoms with Gasteiger partial charge in [-0.25, -0.2) is 8.96 Å². The highest BCUT2D eigenvalue weighted by Gasteiger charge is 2.45. The second-order valence-electron chi connectivity index (χ2n) is 10.3. The number of hydrogen-bond acceptors (Lipinski definition) is 5. The van der Waals surface area contributed by atoms with Gasteiger partial charge in [0.15, 0.2) is 0 Å². The van der Waals surface area contributed by atoms with Gasteiger partial charge in [0, 0.05) is 14.1 Å². The van der Waals surface area contributed by atoms with Gasteiger partial charge in [0.05, 0.1) is 31.2 Å². The molecule has 1 fully saturated rings. The molecule has 7 nitrogen and oxygen atoms in total. The predicted octanol–water partition coefficient (Wildman–Crippen LogP) is 3.69. The highest BCUT2D eigenvalue weighted by molar-refractivity contribution is 7.87. The summed E-state index contributed by atoms with van der Waals surface area (Å²) in [6.07, 6.45) is 2.88. The Morgan fingerprint density at radius 1 is 1.19 bits per heavy atom. The molecule has 1 saturated heterocycles. The molecule has 0 saturated carbocycles. The second kappa shape index (κ2) is 9.38. The van der Waals surface area contributed by atoms with E-state index in [0.29, 0.717) is 24.4 Å². The van der Waals surface area contributed by atoms with Crippen molar-refractivity contribution in [3.05, 3.63) is 47.8 Å². The van der Waals surface area contributed by atoms with Crippen LogP contribution in [0.5, 0.6) is 0 Å². The number of ether oxygens (including phenoxy) is 2. The molecule has 0 radical (unpaired) electrons. The minimum atomic E-state index is -3.74. The van der Waals surface area contributed by atoms with Crippen molar-refractivity contribution in [3.63, 3.8) is 0 Å². The van der Waals surface area contributed by atoms with E-state index in [-0.39, 0.29) is 17.2 Å². The summed E-state index contributed by atoms with van der Waals surface area (Å²) < 4.78 is 41.6. The fourth-order valence-corrected chi connectivity index (χ4v) is 7.40. The van der Waals surface area contributed by atoms with E-state index in [1.165, 1.54) is 8.28 Å². The molecule has 0 unspecified atom stereocenters. The summed E-state index contributed by atoms with van der Waals surface area (Å²) in [5.74, 6) is 0. The third-order valence-electron chi connectivity index (χ3n) is 6.72. The maximum absolute atomic E-state index is 13.4. The summed E-state index contributed by atoms with van der Waals surface area (Å²) in [5.41, 5.74) is 2.40.